The number of methoxy groups -OCH3 is 2. The number of aromatic nitrogens is 4. The quantitative estimate of drug-likeness (QED) is 0.329. The molecule has 11 nitrogen and oxygen atoms in total. The lowest BCUT2D eigenvalue weighted by atomic mass is 10.1. The molecular weight excluding hydrogens is 508 g/mol. The maximum Gasteiger partial charge on any atom is 0.243 e. The number of nitrogens with zero attached hydrogens (tertiary/aromatic N) is 5. The Morgan fingerprint density at radius 1 is 1.05 bits per heavy atom. The van der Waals surface area contributed by atoms with Crippen LogP contribution in [0.3, 0.4) is 0 Å². The first-order chi connectivity index (χ1) is 18.2. The van der Waals surface area contributed by atoms with Gasteiger partial charge in [-0.05, 0) is 55.3 Å². The number of anilines is 1. The topological polar surface area (TPSA) is 152 Å². The van der Waals surface area contributed by atoms with Gasteiger partial charge in [0.2, 0.25) is 16.0 Å². The van der Waals surface area contributed by atoms with Crippen LogP contribution in [0.15, 0.2) is 60.9 Å². The number of hydrogen-bond acceptors (Lipinski definition) is 9. The Morgan fingerprint density at radius 3 is 2.29 bits per heavy atom. The van der Waals surface area contributed by atoms with Gasteiger partial charge in [-0.3, -0.25) is 14.3 Å². The predicted octanol–water partition coefficient (Wildman–Crippen LogP) is 3.39. The largest absolute Gasteiger partial charge is 0.494 e. The number of hydrogen-bond donors (Lipinski definition) is 2. The monoisotopic (exact) mass is 534 g/mol. The summed E-state index contributed by atoms with van der Waals surface area (Å²) in [6, 6.07) is 15.0. The maximum atomic E-state index is 13.5. The molecule has 2 unspecified atom stereocenters. The van der Waals surface area contributed by atoms with Gasteiger partial charge in [-0.25, -0.2) is 8.42 Å². The number of benzene rings is 2. The molecule has 0 spiro atoms. The average molecular weight is 535 g/mol. The van der Waals surface area contributed by atoms with Gasteiger partial charge in [0.25, 0.3) is 0 Å². The van der Waals surface area contributed by atoms with Crippen molar-refractivity contribution in [2.75, 3.05) is 18.9 Å². The van der Waals surface area contributed by atoms with Gasteiger partial charge in [0.05, 0.1) is 32.0 Å². The van der Waals surface area contributed by atoms with E-state index in [1.54, 1.807) is 30.6 Å². The van der Waals surface area contributed by atoms with Gasteiger partial charge < -0.3 is 14.6 Å². The van der Waals surface area contributed by atoms with E-state index in [9.17, 15) is 13.5 Å². The lowest BCUT2D eigenvalue weighted by Gasteiger charge is -2.21. The number of nitrogens with one attached hydrogen (secondary N) is 1. The molecule has 0 saturated heterocycles. The number of aliphatic hydroxyl groups is 1. The van der Waals surface area contributed by atoms with Crippen LogP contribution in [0.5, 0.6) is 11.5 Å². The van der Waals surface area contributed by atoms with Gasteiger partial charge in [-0.15, -0.1) is 10.2 Å². The molecule has 2 aromatic carbocycles. The van der Waals surface area contributed by atoms with E-state index in [0.717, 1.165) is 5.56 Å². The van der Waals surface area contributed by atoms with E-state index in [4.69, 9.17) is 14.7 Å². The van der Waals surface area contributed by atoms with Crippen LogP contribution in [0.2, 0.25) is 0 Å². The molecule has 0 aliphatic carbocycles. The van der Waals surface area contributed by atoms with Gasteiger partial charge in [0, 0.05) is 18.0 Å². The highest BCUT2D eigenvalue weighted by Gasteiger charge is 2.32. The summed E-state index contributed by atoms with van der Waals surface area (Å²) in [4.78, 5) is 4.23. The maximum absolute atomic E-state index is 13.5. The Hall–Kier alpha value is -4.47. The Labute approximate surface area is 220 Å². The molecule has 2 N–H and O–H groups in total. The van der Waals surface area contributed by atoms with Crippen molar-refractivity contribution in [3.63, 3.8) is 0 Å². The predicted molar refractivity (Wildman–Crippen MR) is 141 cm³/mol. The number of pyridine rings is 1. The second-order valence-corrected chi connectivity index (χ2v) is 10.5. The lowest BCUT2D eigenvalue weighted by Crippen LogP contribution is -2.31. The third-order valence-electron chi connectivity index (χ3n) is 5.97. The van der Waals surface area contributed by atoms with Gasteiger partial charge >= 0.3 is 0 Å². The normalized spacial score (nSPS) is 12.8. The van der Waals surface area contributed by atoms with E-state index in [1.165, 1.54) is 50.0 Å². The third-order valence-corrected chi connectivity index (χ3v) is 7.67. The van der Waals surface area contributed by atoms with Crippen molar-refractivity contribution < 1.29 is 23.0 Å². The van der Waals surface area contributed by atoms with Gasteiger partial charge in [0.15, 0.2) is 5.82 Å². The highest BCUT2D eigenvalue weighted by Crippen LogP contribution is 2.38. The number of ether oxygens (including phenoxy) is 2. The van der Waals surface area contributed by atoms with Crippen LogP contribution in [0.4, 0.5) is 5.95 Å². The van der Waals surface area contributed by atoms with Crippen LogP contribution in [0.25, 0.3) is 17.1 Å². The molecule has 0 fully saturated rings. The van der Waals surface area contributed by atoms with Crippen molar-refractivity contribution >= 4 is 16.0 Å². The first-order valence-electron chi connectivity index (χ1n) is 11.5. The smallest absolute Gasteiger partial charge is 0.243 e. The standard InChI is InChI=1S/C26H26N6O5S/c1-16-12-20(15-28-14-16)25-29-30-26(32(25)23-21(36-3)6-5-7-22(23)37-4)31-38(34,35)17(2)24(33)19-10-8-18(13-27)9-11-19/h5-12,14-15,17,24,33H,1-4H3,(H,30,31). The Bertz CT molecular complexity index is 1570. The summed E-state index contributed by atoms with van der Waals surface area (Å²) >= 11 is 0. The molecule has 0 radical (unpaired) electrons. The SMILES string of the molecule is COc1cccc(OC)c1-n1c(NS(=O)(=O)C(C)C(O)c2ccc(C#N)cc2)nnc1-c1cncc(C)c1. The number of aryl methyl sites for hydroxylation is 1. The second kappa shape index (κ2) is 10.9. The van der Waals surface area contributed by atoms with Gasteiger partial charge in [-0.2, -0.15) is 5.26 Å². The first-order valence-corrected chi connectivity index (χ1v) is 13.0. The van der Waals surface area contributed by atoms with E-state index in [0.29, 0.717) is 39.7 Å². The minimum absolute atomic E-state index is 0.136. The number of sulfonamides is 1. The van der Waals surface area contributed by atoms with Crippen molar-refractivity contribution in [1.82, 2.24) is 19.7 Å². The Kier molecular flexibility index (Phi) is 7.61. The van der Waals surface area contributed by atoms with E-state index >= 15 is 0 Å². The van der Waals surface area contributed by atoms with E-state index in [2.05, 4.69) is 19.9 Å². The Morgan fingerprint density at radius 2 is 1.71 bits per heavy atom. The van der Waals surface area contributed by atoms with Crippen LogP contribution >= 0.6 is 0 Å². The van der Waals surface area contributed by atoms with E-state index < -0.39 is 21.4 Å². The molecule has 4 aromatic rings. The molecule has 2 heterocycles. The zero-order valence-corrected chi connectivity index (χ0v) is 22.0. The fraction of sp³-hybridized carbons (Fsp3) is 0.231. The number of aliphatic hydroxyl groups excluding tert-OH is 1. The summed E-state index contributed by atoms with van der Waals surface area (Å²) in [6.45, 7) is 3.25. The summed E-state index contributed by atoms with van der Waals surface area (Å²) in [7, 11) is -1.24. The van der Waals surface area contributed by atoms with Crippen LogP contribution in [0, 0.1) is 18.3 Å². The summed E-state index contributed by atoms with van der Waals surface area (Å²) in [5.74, 6) is 0.930. The first kappa shape index (κ1) is 26.6. The number of rotatable bonds is 9. The summed E-state index contributed by atoms with van der Waals surface area (Å²) in [5.41, 5.74) is 2.57. The molecule has 0 saturated carbocycles. The Balaban J connectivity index is 1.82. The van der Waals surface area contributed by atoms with Crippen LogP contribution in [0.1, 0.15) is 29.7 Å². The number of para-hydroxylation sites is 1. The molecule has 2 atom stereocenters. The fourth-order valence-corrected chi connectivity index (χ4v) is 4.96. The molecule has 0 aliphatic rings. The van der Waals surface area contributed by atoms with Crippen LogP contribution in [-0.4, -0.2) is 52.7 Å². The highest BCUT2D eigenvalue weighted by molar-refractivity contribution is 7.93. The second-order valence-electron chi connectivity index (χ2n) is 8.48. The van der Waals surface area contributed by atoms with Crippen molar-refractivity contribution in [3.8, 4) is 34.6 Å². The molecule has 0 aliphatic heterocycles. The average Bonchev–Trinajstić information content (AvgIpc) is 3.33. The molecule has 0 amide bonds. The fourth-order valence-electron chi connectivity index (χ4n) is 3.89. The van der Waals surface area contributed by atoms with Crippen molar-refractivity contribution in [3.05, 3.63) is 77.6 Å². The van der Waals surface area contributed by atoms with Gasteiger partial charge in [0.1, 0.15) is 22.4 Å². The molecule has 4 rings (SSSR count). The molecule has 0 bridgehead atoms. The summed E-state index contributed by atoms with van der Waals surface area (Å²) < 4.78 is 42.0. The molecule has 12 heteroatoms. The zero-order chi connectivity index (χ0) is 27.4. The summed E-state index contributed by atoms with van der Waals surface area (Å²) in [6.07, 6.45) is 1.90. The van der Waals surface area contributed by atoms with Crippen LogP contribution in [-0.2, 0) is 10.0 Å². The van der Waals surface area contributed by atoms with Crippen molar-refractivity contribution in [1.29, 1.82) is 5.26 Å². The molecule has 38 heavy (non-hydrogen) atoms. The van der Waals surface area contributed by atoms with Crippen LogP contribution < -0.4 is 14.2 Å². The summed E-state index contributed by atoms with van der Waals surface area (Å²) in [5, 5.41) is 27.0. The molecule has 2 aromatic heterocycles. The minimum atomic E-state index is -4.21. The number of nitriles is 1. The van der Waals surface area contributed by atoms with E-state index in [-0.39, 0.29) is 5.95 Å². The van der Waals surface area contributed by atoms with E-state index in [1.807, 2.05) is 19.1 Å². The third kappa shape index (κ3) is 5.15. The van der Waals surface area contributed by atoms with Gasteiger partial charge in [-0.1, -0.05) is 18.2 Å². The lowest BCUT2D eigenvalue weighted by molar-refractivity contribution is 0.176. The molecule has 196 valence electrons. The highest BCUT2D eigenvalue weighted by atomic mass is 32.2. The minimum Gasteiger partial charge on any atom is -0.494 e. The van der Waals surface area contributed by atoms with Crippen molar-refractivity contribution in [2.24, 2.45) is 0 Å². The van der Waals surface area contributed by atoms with Crippen molar-refractivity contribution in [2.45, 2.75) is 25.2 Å². The molecular formula is C26H26N6O5S. The zero-order valence-electron chi connectivity index (χ0n) is 21.2.